The molecule has 4 rings (SSSR count). The van der Waals surface area contributed by atoms with Crippen LogP contribution in [0.1, 0.15) is 49.7 Å². The first-order chi connectivity index (χ1) is 17.0. The SMILES string of the molecule is CNc1nc(NC[C@H](C)c2ccccc2)nc(N(Cc2ccccc2)C2CCC(C(N)=O)CC2)n1. The molecule has 1 fully saturated rings. The topological polar surface area (TPSA) is 109 Å². The molecule has 1 saturated carbocycles. The second-order valence-electron chi connectivity index (χ2n) is 9.25. The molecule has 35 heavy (non-hydrogen) atoms. The number of anilines is 3. The van der Waals surface area contributed by atoms with E-state index in [4.69, 9.17) is 15.7 Å². The van der Waals surface area contributed by atoms with E-state index in [1.165, 1.54) is 11.1 Å². The van der Waals surface area contributed by atoms with Crippen molar-refractivity contribution in [2.24, 2.45) is 11.7 Å². The number of amides is 1. The van der Waals surface area contributed by atoms with Crippen LogP contribution in [0.2, 0.25) is 0 Å². The lowest BCUT2D eigenvalue weighted by Crippen LogP contribution is -2.41. The van der Waals surface area contributed by atoms with E-state index in [0.717, 1.165) is 25.7 Å². The van der Waals surface area contributed by atoms with Crippen molar-refractivity contribution in [2.75, 3.05) is 29.1 Å². The van der Waals surface area contributed by atoms with Crippen LogP contribution in [0.25, 0.3) is 0 Å². The average molecular weight is 474 g/mol. The molecule has 0 aliphatic heterocycles. The molecule has 1 atom stereocenters. The molecule has 0 unspecified atom stereocenters. The smallest absolute Gasteiger partial charge is 0.232 e. The van der Waals surface area contributed by atoms with Crippen LogP contribution >= 0.6 is 0 Å². The third-order valence-corrected chi connectivity index (χ3v) is 6.77. The molecule has 2 aromatic carbocycles. The Labute approximate surface area is 207 Å². The molecule has 8 heteroatoms. The lowest BCUT2D eigenvalue weighted by molar-refractivity contribution is -0.122. The standard InChI is InChI=1S/C27H35N7O/c1-19(21-11-7-4-8-12-21)17-30-26-31-25(29-2)32-27(33-26)34(18-20-9-5-3-6-10-20)23-15-13-22(14-16-23)24(28)35/h3-12,19,22-23H,13-18H2,1-2H3,(H2,28,35)(H2,29,30,31,32,33)/t19-,22?,23?/m0/s1. The number of hydrogen-bond acceptors (Lipinski definition) is 7. The minimum Gasteiger partial charge on any atom is -0.369 e. The third-order valence-electron chi connectivity index (χ3n) is 6.77. The number of nitrogens with zero attached hydrogens (tertiary/aromatic N) is 4. The van der Waals surface area contributed by atoms with Crippen LogP contribution in [0.4, 0.5) is 17.8 Å². The van der Waals surface area contributed by atoms with Gasteiger partial charge in [-0.1, -0.05) is 67.6 Å². The molecule has 0 saturated heterocycles. The van der Waals surface area contributed by atoms with Gasteiger partial charge in [0.15, 0.2) is 0 Å². The van der Waals surface area contributed by atoms with E-state index in [2.05, 4.69) is 63.8 Å². The lowest BCUT2D eigenvalue weighted by Gasteiger charge is -2.36. The Bertz CT molecular complexity index is 1090. The largest absolute Gasteiger partial charge is 0.369 e. The predicted octanol–water partition coefficient (Wildman–Crippen LogP) is 4.18. The molecular weight excluding hydrogens is 438 g/mol. The Morgan fingerprint density at radius 2 is 1.60 bits per heavy atom. The number of carbonyl (C=O) groups is 1. The van der Waals surface area contributed by atoms with Gasteiger partial charge in [0.2, 0.25) is 23.8 Å². The van der Waals surface area contributed by atoms with Gasteiger partial charge >= 0.3 is 0 Å². The molecule has 184 valence electrons. The summed E-state index contributed by atoms with van der Waals surface area (Å²) in [7, 11) is 1.81. The highest BCUT2D eigenvalue weighted by molar-refractivity contribution is 5.76. The maximum atomic E-state index is 11.7. The van der Waals surface area contributed by atoms with Crippen molar-refractivity contribution >= 4 is 23.8 Å². The van der Waals surface area contributed by atoms with Crippen LogP contribution in [0, 0.1) is 5.92 Å². The number of rotatable bonds is 10. The molecule has 1 aromatic heterocycles. The molecule has 0 bridgehead atoms. The first-order valence-corrected chi connectivity index (χ1v) is 12.4. The van der Waals surface area contributed by atoms with E-state index in [1.54, 1.807) is 0 Å². The van der Waals surface area contributed by atoms with Gasteiger partial charge in [-0.2, -0.15) is 15.0 Å². The maximum Gasteiger partial charge on any atom is 0.232 e. The van der Waals surface area contributed by atoms with Crippen molar-refractivity contribution < 1.29 is 4.79 Å². The van der Waals surface area contributed by atoms with Gasteiger partial charge in [0, 0.05) is 32.1 Å². The van der Waals surface area contributed by atoms with Crippen LogP contribution in [0.5, 0.6) is 0 Å². The van der Waals surface area contributed by atoms with Gasteiger partial charge in [0.25, 0.3) is 0 Å². The maximum absolute atomic E-state index is 11.7. The van der Waals surface area contributed by atoms with Gasteiger partial charge in [0.1, 0.15) is 0 Å². The van der Waals surface area contributed by atoms with Crippen LogP contribution in [0.3, 0.4) is 0 Å². The van der Waals surface area contributed by atoms with Crippen molar-refractivity contribution in [3.8, 4) is 0 Å². The van der Waals surface area contributed by atoms with Crippen molar-refractivity contribution in [3.63, 3.8) is 0 Å². The van der Waals surface area contributed by atoms with Gasteiger partial charge in [0.05, 0.1) is 0 Å². The molecule has 8 nitrogen and oxygen atoms in total. The minimum absolute atomic E-state index is 0.0484. The zero-order chi connectivity index (χ0) is 24.6. The van der Waals surface area contributed by atoms with Crippen LogP contribution in [-0.4, -0.2) is 40.5 Å². The number of hydrogen-bond donors (Lipinski definition) is 3. The number of nitrogens with two attached hydrogens (primary N) is 1. The summed E-state index contributed by atoms with van der Waals surface area (Å²) in [5.74, 6) is 1.76. The molecule has 0 radical (unpaired) electrons. The second kappa shape index (κ2) is 11.6. The lowest BCUT2D eigenvalue weighted by atomic mass is 9.85. The fraction of sp³-hybridized carbons (Fsp3) is 0.407. The Morgan fingerprint density at radius 1 is 0.971 bits per heavy atom. The zero-order valence-electron chi connectivity index (χ0n) is 20.5. The Kier molecular flexibility index (Phi) is 8.13. The summed E-state index contributed by atoms with van der Waals surface area (Å²) in [5, 5.41) is 6.49. The van der Waals surface area contributed by atoms with Gasteiger partial charge < -0.3 is 21.3 Å². The van der Waals surface area contributed by atoms with E-state index in [0.29, 0.717) is 36.9 Å². The summed E-state index contributed by atoms with van der Waals surface area (Å²) >= 11 is 0. The summed E-state index contributed by atoms with van der Waals surface area (Å²) in [6, 6.07) is 21.0. The Balaban J connectivity index is 1.57. The fourth-order valence-corrected chi connectivity index (χ4v) is 4.64. The summed E-state index contributed by atoms with van der Waals surface area (Å²) in [5.41, 5.74) is 8.03. The summed E-state index contributed by atoms with van der Waals surface area (Å²) < 4.78 is 0. The summed E-state index contributed by atoms with van der Waals surface area (Å²) in [6.07, 6.45) is 3.31. The quantitative estimate of drug-likeness (QED) is 0.405. The molecule has 1 aliphatic rings. The minimum atomic E-state index is -0.199. The van der Waals surface area contributed by atoms with Crippen LogP contribution in [-0.2, 0) is 11.3 Å². The first-order valence-electron chi connectivity index (χ1n) is 12.4. The Morgan fingerprint density at radius 3 is 2.23 bits per heavy atom. The molecule has 1 amide bonds. The van der Waals surface area contributed by atoms with E-state index < -0.39 is 0 Å². The molecule has 1 aliphatic carbocycles. The van der Waals surface area contributed by atoms with E-state index in [9.17, 15) is 4.79 Å². The highest BCUT2D eigenvalue weighted by atomic mass is 16.1. The van der Waals surface area contributed by atoms with Gasteiger partial charge in [-0.15, -0.1) is 0 Å². The van der Waals surface area contributed by atoms with Gasteiger partial charge in [-0.25, -0.2) is 0 Å². The summed E-state index contributed by atoms with van der Waals surface area (Å²) in [6.45, 7) is 3.57. The molecule has 1 heterocycles. The number of primary amides is 1. The molecular formula is C27H35N7O. The highest BCUT2D eigenvalue weighted by Crippen LogP contribution is 2.31. The molecule has 4 N–H and O–H groups in total. The van der Waals surface area contributed by atoms with Crippen molar-refractivity contribution in [1.29, 1.82) is 0 Å². The Hall–Kier alpha value is -3.68. The summed E-state index contributed by atoms with van der Waals surface area (Å²) in [4.78, 5) is 28.1. The normalized spacial score (nSPS) is 18.5. The van der Waals surface area contributed by atoms with E-state index >= 15 is 0 Å². The third kappa shape index (κ3) is 6.47. The second-order valence-corrected chi connectivity index (χ2v) is 9.25. The first kappa shape index (κ1) is 24.4. The van der Waals surface area contributed by atoms with E-state index in [1.807, 2.05) is 31.3 Å². The number of benzene rings is 2. The van der Waals surface area contributed by atoms with Gasteiger partial charge in [-0.3, -0.25) is 4.79 Å². The predicted molar refractivity (Wildman–Crippen MR) is 140 cm³/mol. The fourth-order valence-electron chi connectivity index (χ4n) is 4.64. The number of nitrogens with one attached hydrogen (secondary N) is 2. The zero-order valence-corrected chi connectivity index (χ0v) is 20.5. The number of aromatic nitrogens is 3. The van der Waals surface area contributed by atoms with Crippen molar-refractivity contribution in [2.45, 2.75) is 51.1 Å². The van der Waals surface area contributed by atoms with Gasteiger partial charge in [-0.05, 0) is 42.7 Å². The van der Waals surface area contributed by atoms with Crippen molar-refractivity contribution in [1.82, 2.24) is 15.0 Å². The van der Waals surface area contributed by atoms with Crippen LogP contribution in [0.15, 0.2) is 60.7 Å². The molecule has 3 aromatic rings. The van der Waals surface area contributed by atoms with E-state index in [-0.39, 0.29) is 17.9 Å². The highest BCUT2D eigenvalue weighted by Gasteiger charge is 2.30. The number of carbonyl (C=O) groups excluding carboxylic acids is 1. The molecule has 0 spiro atoms. The average Bonchev–Trinajstić information content (AvgIpc) is 2.91. The van der Waals surface area contributed by atoms with Crippen LogP contribution < -0.4 is 21.3 Å². The van der Waals surface area contributed by atoms with Crippen molar-refractivity contribution in [3.05, 3.63) is 71.8 Å². The monoisotopic (exact) mass is 473 g/mol.